The van der Waals surface area contributed by atoms with Crippen molar-refractivity contribution in [1.82, 2.24) is 20.3 Å². The number of hydrogen-bond acceptors (Lipinski definition) is 4. The number of allylic oxidation sites excluding steroid dienone is 10. The summed E-state index contributed by atoms with van der Waals surface area (Å²) >= 11 is 0. The van der Waals surface area contributed by atoms with Gasteiger partial charge in [0.05, 0.1) is 11.0 Å². The van der Waals surface area contributed by atoms with E-state index in [-0.39, 0.29) is 23.7 Å². The van der Waals surface area contributed by atoms with Crippen molar-refractivity contribution in [2.75, 3.05) is 6.54 Å². The molecule has 0 radical (unpaired) electrons. The standard InChI is InChI=1S/C62H40N4/c1-2-18-42-41(17-1)57(47-23-3-11-35-13-9-29-65-61(35)47)59-46-22-6-20-44-49-31-51-53-43(50(49)32-52(54(44)46)60(59)58(42)48-24-4-12-36-14-10-30-66-62(36)48)19-5-21-45(53)55-39(37-15-7-27-63-33-37)25-26-40(56(51)55)38-16-8-28-64-34-38/h1-32,34,44,54-56,63H,33H2. The molecule has 0 saturated carbocycles. The van der Waals surface area contributed by atoms with Crippen LogP contribution in [0.25, 0.3) is 88.4 Å². The van der Waals surface area contributed by atoms with E-state index in [1.165, 1.54) is 111 Å². The van der Waals surface area contributed by atoms with Gasteiger partial charge in [-0.05, 0) is 136 Å². The number of hydrogen-bond donors (Lipinski definition) is 1. The summed E-state index contributed by atoms with van der Waals surface area (Å²) in [5.41, 5.74) is 23.2. The maximum Gasteiger partial charge on any atom is 0.0780 e. The number of benzene rings is 6. The van der Waals surface area contributed by atoms with Gasteiger partial charge in [0.1, 0.15) is 0 Å². The van der Waals surface area contributed by atoms with Crippen molar-refractivity contribution in [3.63, 3.8) is 0 Å². The maximum atomic E-state index is 5.11. The molecule has 4 unspecified atom stereocenters. The van der Waals surface area contributed by atoms with Crippen LogP contribution < -0.4 is 5.32 Å². The molecule has 15 rings (SSSR count). The van der Waals surface area contributed by atoms with Crippen LogP contribution in [0.15, 0.2) is 206 Å². The summed E-state index contributed by atoms with van der Waals surface area (Å²) in [5.74, 6) is 0.603. The second-order valence-corrected chi connectivity index (χ2v) is 18.5. The summed E-state index contributed by atoms with van der Waals surface area (Å²) < 4.78 is 0. The molecular weight excluding hydrogens is 801 g/mol. The lowest BCUT2D eigenvalue weighted by molar-refractivity contribution is 0.722. The first-order valence-electron chi connectivity index (χ1n) is 23.2. The van der Waals surface area contributed by atoms with Crippen LogP contribution in [0.3, 0.4) is 0 Å². The highest BCUT2D eigenvalue weighted by Crippen LogP contribution is 2.66. The summed E-state index contributed by atoms with van der Waals surface area (Å²) in [7, 11) is 0. The fourth-order valence-electron chi connectivity index (χ4n) is 13.0. The highest BCUT2D eigenvalue weighted by Gasteiger charge is 2.48. The predicted molar refractivity (Wildman–Crippen MR) is 272 cm³/mol. The smallest absolute Gasteiger partial charge is 0.0780 e. The van der Waals surface area contributed by atoms with E-state index >= 15 is 0 Å². The Morgan fingerprint density at radius 3 is 1.91 bits per heavy atom. The first-order valence-corrected chi connectivity index (χ1v) is 23.2. The Morgan fingerprint density at radius 1 is 0.500 bits per heavy atom. The lowest BCUT2D eigenvalue weighted by Crippen LogP contribution is -2.21. The number of aromatic nitrogens is 3. The number of pyridine rings is 3. The SMILES string of the molecule is C1=CNCC(C2=CC=C(c3cccnc3)C3c4cc5c(c6cccc(c46)C23)C=C2c3c(c(-c4cccc6cccnc46)c4ccccc4c3-c3cccc4cccnc34)C3=CC=CC5C32)=C1. The molecule has 0 spiro atoms. The van der Waals surface area contributed by atoms with Crippen LogP contribution in [0.4, 0.5) is 0 Å². The summed E-state index contributed by atoms with van der Waals surface area (Å²) in [6.07, 6.45) is 29.0. The van der Waals surface area contributed by atoms with Gasteiger partial charge in [-0.15, -0.1) is 0 Å². The van der Waals surface area contributed by atoms with Crippen molar-refractivity contribution in [2.24, 2.45) is 5.92 Å². The molecule has 0 amide bonds. The third kappa shape index (κ3) is 4.85. The lowest BCUT2D eigenvalue weighted by atomic mass is 9.69. The fraction of sp³-hybridized carbons (Fsp3) is 0.0806. The Morgan fingerprint density at radius 2 is 1.18 bits per heavy atom. The Kier molecular flexibility index (Phi) is 7.48. The van der Waals surface area contributed by atoms with Gasteiger partial charge in [0.2, 0.25) is 0 Å². The summed E-state index contributed by atoms with van der Waals surface area (Å²) in [6.45, 7) is 0.819. The largest absolute Gasteiger partial charge is 0.387 e. The number of fused-ring (bicyclic) bond motifs is 12. The predicted octanol–water partition coefficient (Wildman–Crippen LogP) is 14.3. The van der Waals surface area contributed by atoms with Crippen LogP contribution in [0.5, 0.6) is 0 Å². The van der Waals surface area contributed by atoms with Gasteiger partial charge >= 0.3 is 0 Å². The molecule has 5 aliphatic carbocycles. The minimum atomic E-state index is 0.128. The van der Waals surface area contributed by atoms with Gasteiger partial charge in [-0.25, -0.2) is 0 Å². The first-order chi connectivity index (χ1) is 32.8. The van der Waals surface area contributed by atoms with Crippen molar-refractivity contribution in [3.8, 4) is 22.3 Å². The number of nitrogens with zero attached hydrogens (tertiary/aromatic N) is 3. The van der Waals surface area contributed by atoms with Crippen molar-refractivity contribution < 1.29 is 0 Å². The van der Waals surface area contributed by atoms with E-state index in [1.807, 2.05) is 36.9 Å². The van der Waals surface area contributed by atoms with E-state index in [0.29, 0.717) is 0 Å². The molecule has 0 saturated heterocycles. The van der Waals surface area contributed by atoms with Gasteiger partial charge in [-0.2, -0.15) is 0 Å². The number of nitrogens with one attached hydrogen (secondary N) is 1. The van der Waals surface area contributed by atoms with Crippen molar-refractivity contribution >= 4 is 66.1 Å². The second-order valence-electron chi connectivity index (χ2n) is 18.5. The summed E-state index contributed by atoms with van der Waals surface area (Å²) in [5, 5.41) is 11.0. The van der Waals surface area contributed by atoms with E-state index in [9.17, 15) is 0 Å². The molecule has 4 heterocycles. The van der Waals surface area contributed by atoms with Crippen LogP contribution in [0.2, 0.25) is 0 Å². The molecule has 4 atom stereocenters. The van der Waals surface area contributed by atoms with Gasteiger partial charge < -0.3 is 5.32 Å². The van der Waals surface area contributed by atoms with Gasteiger partial charge in [0.25, 0.3) is 0 Å². The van der Waals surface area contributed by atoms with Crippen molar-refractivity contribution in [3.05, 3.63) is 245 Å². The minimum Gasteiger partial charge on any atom is -0.387 e. The van der Waals surface area contributed by atoms with E-state index in [1.54, 1.807) is 0 Å². The zero-order chi connectivity index (χ0) is 43.0. The monoisotopic (exact) mass is 840 g/mol. The maximum absolute atomic E-state index is 5.11. The molecule has 0 fully saturated rings. The van der Waals surface area contributed by atoms with E-state index in [2.05, 4.69) is 174 Å². The molecule has 6 aliphatic rings. The van der Waals surface area contributed by atoms with Gasteiger partial charge in [0.15, 0.2) is 0 Å². The summed E-state index contributed by atoms with van der Waals surface area (Å²) in [4.78, 5) is 14.8. The number of para-hydroxylation sites is 2. The highest BCUT2D eigenvalue weighted by molar-refractivity contribution is 6.23. The highest BCUT2D eigenvalue weighted by atomic mass is 14.8. The van der Waals surface area contributed by atoms with Gasteiger partial charge in [-0.3, -0.25) is 15.0 Å². The van der Waals surface area contributed by atoms with Crippen LogP contribution in [0, 0.1) is 5.92 Å². The Bertz CT molecular complexity index is 3880. The van der Waals surface area contributed by atoms with E-state index < -0.39 is 0 Å². The first kappa shape index (κ1) is 36.2. The average Bonchev–Trinajstić information content (AvgIpc) is 3.90. The Hall–Kier alpha value is -8.21. The molecule has 4 heteroatoms. The molecule has 0 bridgehead atoms. The second kappa shape index (κ2) is 13.7. The van der Waals surface area contributed by atoms with Crippen molar-refractivity contribution in [1.29, 1.82) is 0 Å². The van der Waals surface area contributed by atoms with Crippen LogP contribution in [-0.4, -0.2) is 21.5 Å². The van der Waals surface area contributed by atoms with Gasteiger partial charge in [-0.1, -0.05) is 140 Å². The fourth-order valence-corrected chi connectivity index (χ4v) is 13.0. The molecule has 1 aliphatic heterocycles. The molecule has 308 valence electrons. The zero-order valence-electron chi connectivity index (χ0n) is 35.9. The molecule has 6 aromatic carbocycles. The molecule has 9 aromatic rings. The molecule has 4 nitrogen and oxygen atoms in total. The summed E-state index contributed by atoms with van der Waals surface area (Å²) in [6, 6.07) is 45.0. The average molecular weight is 841 g/mol. The number of dihydropyridines is 1. The van der Waals surface area contributed by atoms with Crippen LogP contribution in [-0.2, 0) is 0 Å². The van der Waals surface area contributed by atoms with Crippen LogP contribution in [0.1, 0.15) is 56.7 Å². The number of rotatable bonds is 4. The van der Waals surface area contributed by atoms with Crippen molar-refractivity contribution in [2.45, 2.75) is 17.8 Å². The lowest BCUT2D eigenvalue weighted by Gasteiger charge is -2.34. The Balaban J connectivity index is 1.05. The third-order valence-electron chi connectivity index (χ3n) is 15.5. The Labute approximate surface area is 382 Å². The molecule has 66 heavy (non-hydrogen) atoms. The van der Waals surface area contributed by atoms with E-state index in [0.717, 1.165) is 28.4 Å². The van der Waals surface area contributed by atoms with Crippen LogP contribution >= 0.6 is 0 Å². The van der Waals surface area contributed by atoms with E-state index in [4.69, 9.17) is 9.97 Å². The quantitative estimate of drug-likeness (QED) is 0.192. The normalized spacial score (nSPS) is 20.5. The zero-order valence-corrected chi connectivity index (χ0v) is 35.9. The molecule has 1 N–H and O–H groups in total. The molecule has 3 aromatic heterocycles. The third-order valence-corrected chi connectivity index (χ3v) is 15.5. The minimum absolute atomic E-state index is 0.128. The topological polar surface area (TPSA) is 50.7 Å². The van der Waals surface area contributed by atoms with Gasteiger partial charge in [0, 0.05) is 76.9 Å². The molecular formula is C62H40N4.